The van der Waals surface area contributed by atoms with E-state index in [9.17, 15) is 9.90 Å². The Hall–Kier alpha value is -1.50. The molecule has 3 heterocycles. The van der Waals surface area contributed by atoms with E-state index in [0.717, 1.165) is 13.1 Å². The van der Waals surface area contributed by atoms with Crippen LogP contribution < -0.4 is 0 Å². The predicted molar refractivity (Wildman–Crippen MR) is 85.7 cm³/mol. The second kappa shape index (κ2) is 6.55. The van der Waals surface area contributed by atoms with Crippen LogP contribution in [0.3, 0.4) is 0 Å². The maximum absolute atomic E-state index is 12.4. The predicted octanol–water partition coefficient (Wildman–Crippen LogP) is 0.654. The molecule has 0 saturated carbocycles. The van der Waals surface area contributed by atoms with E-state index in [2.05, 4.69) is 16.0 Å². The zero-order valence-corrected chi connectivity index (χ0v) is 13.8. The molecule has 6 nitrogen and oxygen atoms in total. The lowest BCUT2D eigenvalue weighted by Gasteiger charge is -2.36. The molecule has 1 N–H and O–H groups in total. The SMILES string of the molecule is CC(C)(O)CC(=O)N1C[C@@H]2OCCN(Cc3cccnc3)[C@H]2C1. The third-order valence-electron chi connectivity index (χ3n) is 4.46. The van der Waals surface area contributed by atoms with Gasteiger partial charge >= 0.3 is 0 Å². The van der Waals surface area contributed by atoms with Crippen molar-refractivity contribution in [3.05, 3.63) is 30.1 Å². The molecule has 0 unspecified atom stereocenters. The first-order chi connectivity index (χ1) is 10.9. The molecule has 126 valence electrons. The molecule has 23 heavy (non-hydrogen) atoms. The standard InChI is InChI=1S/C17H25N3O3/c1-17(2,22)8-16(21)20-11-14-15(12-20)23-7-6-19(14)10-13-4-3-5-18-9-13/h3-5,9,14-15,22H,6-8,10-12H2,1-2H3/t14-,15-/m0/s1. The Morgan fingerprint density at radius 3 is 3.00 bits per heavy atom. The van der Waals surface area contributed by atoms with E-state index in [1.54, 1.807) is 20.0 Å². The summed E-state index contributed by atoms with van der Waals surface area (Å²) in [6.45, 7) is 6.99. The minimum Gasteiger partial charge on any atom is -0.390 e. The van der Waals surface area contributed by atoms with Gasteiger partial charge in [-0.15, -0.1) is 0 Å². The Bertz CT molecular complexity index is 544. The van der Waals surface area contributed by atoms with Gasteiger partial charge < -0.3 is 14.7 Å². The highest BCUT2D eigenvalue weighted by molar-refractivity contribution is 5.77. The van der Waals surface area contributed by atoms with Gasteiger partial charge in [-0.3, -0.25) is 14.7 Å². The maximum atomic E-state index is 12.4. The van der Waals surface area contributed by atoms with E-state index in [4.69, 9.17) is 4.74 Å². The molecule has 0 radical (unpaired) electrons. The van der Waals surface area contributed by atoms with E-state index in [1.807, 2.05) is 17.2 Å². The van der Waals surface area contributed by atoms with Gasteiger partial charge in [0.2, 0.25) is 5.91 Å². The van der Waals surface area contributed by atoms with Crippen molar-refractivity contribution in [1.82, 2.24) is 14.8 Å². The Balaban J connectivity index is 1.64. The van der Waals surface area contributed by atoms with Gasteiger partial charge in [-0.05, 0) is 25.5 Å². The van der Waals surface area contributed by atoms with Crippen LogP contribution in [0.1, 0.15) is 25.8 Å². The molecule has 2 atom stereocenters. The summed E-state index contributed by atoms with van der Waals surface area (Å²) in [4.78, 5) is 20.7. The lowest BCUT2D eigenvalue weighted by molar-refractivity contribution is -0.134. The third-order valence-corrected chi connectivity index (χ3v) is 4.46. The molecule has 2 fully saturated rings. The summed E-state index contributed by atoms with van der Waals surface area (Å²) in [5.41, 5.74) is 0.204. The molecule has 0 bridgehead atoms. The summed E-state index contributed by atoms with van der Waals surface area (Å²) in [7, 11) is 0. The average Bonchev–Trinajstić information content (AvgIpc) is 2.92. The van der Waals surface area contributed by atoms with E-state index in [1.165, 1.54) is 5.56 Å². The fourth-order valence-corrected chi connectivity index (χ4v) is 3.37. The van der Waals surface area contributed by atoms with Gasteiger partial charge in [0.25, 0.3) is 0 Å². The maximum Gasteiger partial charge on any atom is 0.225 e. The fraction of sp³-hybridized carbons (Fsp3) is 0.647. The van der Waals surface area contributed by atoms with Crippen LogP contribution in [0, 0.1) is 0 Å². The van der Waals surface area contributed by atoms with Gasteiger partial charge in [0, 0.05) is 38.6 Å². The Kier molecular flexibility index (Phi) is 4.66. The number of rotatable bonds is 4. The van der Waals surface area contributed by atoms with Crippen molar-refractivity contribution in [1.29, 1.82) is 0 Å². The number of carbonyl (C=O) groups excluding carboxylic acids is 1. The molecule has 0 spiro atoms. The summed E-state index contributed by atoms with van der Waals surface area (Å²) in [5, 5.41) is 9.86. The Morgan fingerprint density at radius 1 is 1.48 bits per heavy atom. The molecule has 2 aliphatic heterocycles. The number of aliphatic hydroxyl groups is 1. The first-order valence-corrected chi connectivity index (χ1v) is 8.17. The van der Waals surface area contributed by atoms with Crippen molar-refractivity contribution in [3.8, 4) is 0 Å². The van der Waals surface area contributed by atoms with Gasteiger partial charge in [-0.2, -0.15) is 0 Å². The van der Waals surface area contributed by atoms with Crippen molar-refractivity contribution in [2.45, 2.75) is 44.6 Å². The highest BCUT2D eigenvalue weighted by Crippen LogP contribution is 2.25. The summed E-state index contributed by atoms with van der Waals surface area (Å²) < 4.78 is 5.87. The van der Waals surface area contributed by atoms with Crippen molar-refractivity contribution >= 4 is 5.91 Å². The number of likely N-dealkylation sites (tertiary alicyclic amines) is 1. The van der Waals surface area contributed by atoms with Gasteiger partial charge in [-0.25, -0.2) is 0 Å². The molecule has 6 heteroatoms. The number of nitrogens with zero attached hydrogens (tertiary/aromatic N) is 3. The number of fused-ring (bicyclic) bond motifs is 1. The summed E-state index contributed by atoms with van der Waals surface area (Å²) in [6, 6.07) is 4.24. The number of aromatic nitrogens is 1. The topological polar surface area (TPSA) is 65.9 Å². The van der Waals surface area contributed by atoms with Crippen LogP contribution in [-0.2, 0) is 16.1 Å². The molecule has 1 aromatic heterocycles. The zero-order valence-electron chi connectivity index (χ0n) is 13.8. The minimum atomic E-state index is -0.971. The molecule has 1 aromatic rings. The van der Waals surface area contributed by atoms with Crippen LogP contribution in [0.25, 0.3) is 0 Å². The minimum absolute atomic E-state index is 0.00294. The first-order valence-electron chi connectivity index (χ1n) is 8.17. The van der Waals surface area contributed by atoms with E-state index >= 15 is 0 Å². The van der Waals surface area contributed by atoms with Crippen molar-refractivity contribution in [2.75, 3.05) is 26.2 Å². The van der Waals surface area contributed by atoms with E-state index < -0.39 is 5.60 Å². The Labute approximate surface area is 137 Å². The average molecular weight is 319 g/mol. The summed E-state index contributed by atoms with van der Waals surface area (Å²) in [6.07, 6.45) is 3.87. The highest BCUT2D eigenvalue weighted by Gasteiger charge is 2.42. The quantitative estimate of drug-likeness (QED) is 0.883. The van der Waals surface area contributed by atoms with Crippen molar-refractivity contribution < 1.29 is 14.6 Å². The van der Waals surface area contributed by atoms with Crippen LogP contribution in [-0.4, -0.2) is 69.8 Å². The lowest BCUT2D eigenvalue weighted by atomic mass is 10.1. The van der Waals surface area contributed by atoms with Crippen LogP contribution in [0.5, 0.6) is 0 Å². The number of amides is 1. The van der Waals surface area contributed by atoms with Gasteiger partial charge in [-0.1, -0.05) is 6.07 Å². The van der Waals surface area contributed by atoms with Gasteiger partial charge in [0.15, 0.2) is 0 Å². The molecule has 0 aliphatic carbocycles. The number of pyridine rings is 1. The van der Waals surface area contributed by atoms with E-state index in [0.29, 0.717) is 19.7 Å². The molecule has 2 saturated heterocycles. The lowest BCUT2D eigenvalue weighted by Crippen LogP contribution is -2.50. The molecule has 1 amide bonds. The number of carbonyl (C=O) groups is 1. The van der Waals surface area contributed by atoms with Crippen LogP contribution in [0.15, 0.2) is 24.5 Å². The molecule has 0 aromatic carbocycles. The number of hydrogen-bond acceptors (Lipinski definition) is 5. The number of ether oxygens (including phenoxy) is 1. The highest BCUT2D eigenvalue weighted by atomic mass is 16.5. The molecule has 2 aliphatic rings. The number of hydrogen-bond donors (Lipinski definition) is 1. The van der Waals surface area contributed by atoms with Gasteiger partial charge in [0.05, 0.1) is 30.8 Å². The smallest absolute Gasteiger partial charge is 0.225 e. The van der Waals surface area contributed by atoms with Crippen LogP contribution >= 0.6 is 0 Å². The van der Waals surface area contributed by atoms with Crippen LogP contribution in [0.4, 0.5) is 0 Å². The Morgan fingerprint density at radius 2 is 2.30 bits per heavy atom. The molecular weight excluding hydrogens is 294 g/mol. The zero-order chi connectivity index (χ0) is 16.4. The monoisotopic (exact) mass is 319 g/mol. The first kappa shape index (κ1) is 16.4. The largest absolute Gasteiger partial charge is 0.390 e. The molecular formula is C17H25N3O3. The second-order valence-corrected chi connectivity index (χ2v) is 7.10. The summed E-state index contributed by atoms with van der Waals surface area (Å²) >= 11 is 0. The molecule has 3 rings (SSSR count). The van der Waals surface area contributed by atoms with Crippen LogP contribution in [0.2, 0.25) is 0 Å². The normalized spacial score (nSPS) is 25.4. The van der Waals surface area contributed by atoms with Crippen molar-refractivity contribution in [2.24, 2.45) is 0 Å². The van der Waals surface area contributed by atoms with E-state index in [-0.39, 0.29) is 24.5 Å². The third kappa shape index (κ3) is 4.07. The second-order valence-electron chi connectivity index (χ2n) is 7.10. The van der Waals surface area contributed by atoms with Gasteiger partial charge in [0.1, 0.15) is 0 Å². The number of morpholine rings is 1. The van der Waals surface area contributed by atoms with Crippen molar-refractivity contribution in [3.63, 3.8) is 0 Å². The fourth-order valence-electron chi connectivity index (χ4n) is 3.37. The summed E-state index contributed by atoms with van der Waals surface area (Å²) in [5.74, 6) is -0.00294.